The van der Waals surface area contributed by atoms with Crippen molar-refractivity contribution < 1.29 is 14.3 Å². The molecule has 1 aromatic carbocycles. The van der Waals surface area contributed by atoms with E-state index in [1.807, 2.05) is 32.0 Å². The van der Waals surface area contributed by atoms with E-state index in [9.17, 15) is 4.79 Å². The average Bonchev–Trinajstić information content (AvgIpc) is 2.93. The number of halogens is 1. The number of carbonyl (C=O) groups is 1. The van der Waals surface area contributed by atoms with Crippen LogP contribution < -0.4 is 14.8 Å². The zero-order chi connectivity index (χ0) is 17.7. The van der Waals surface area contributed by atoms with Gasteiger partial charge in [0, 0.05) is 6.54 Å². The molecule has 2 rings (SSSR count). The molecule has 0 aliphatic heterocycles. The van der Waals surface area contributed by atoms with E-state index < -0.39 is 0 Å². The van der Waals surface area contributed by atoms with Crippen LogP contribution in [0.3, 0.4) is 0 Å². The maximum atomic E-state index is 12.3. The molecule has 1 unspecified atom stereocenters. The van der Waals surface area contributed by atoms with Gasteiger partial charge in [0.25, 0.3) is 0 Å². The van der Waals surface area contributed by atoms with Crippen LogP contribution in [0.15, 0.2) is 28.9 Å². The fraction of sp³-hybridized carbons (Fsp3) is 0.412. The van der Waals surface area contributed by atoms with Crippen molar-refractivity contribution in [1.29, 1.82) is 0 Å². The van der Waals surface area contributed by atoms with E-state index in [1.165, 1.54) is 0 Å². The standard InChI is InChI=1S/C17H22BrN3O3/c1-11-14(18)10-20-21(11)12(2)17(22)19-8-7-13-5-6-15(23-3)16(9-13)24-4/h5-6,9-10,12H,7-8H2,1-4H3,(H,19,22). The Morgan fingerprint density at radius 2 is 2.04 bits per heavy atom. The van der Waals surface area contributed by atoms with Crippen LogP contribution in [0.1, 0.15) is 24.2 Å². The highest BCUT2D eigenvalue weighted by atomic mass is 79.9. The third kappa shape index (κ3) is 4.08. The smallest absolute Gasteiger partial charge is 0.244 e. The molecule has 1 aromatic heterocycles. The van der Waals surface area contributed by atoms with Crippen LogP contribution in [0.25, 0.3) is 0 Å². The van der Waals surface area contributed by atoms with Gasteiger partial charge in [-0.2, -0.15) is 5.10 Å². The van der Waals surface area contributed by atoms with Gasteiger partial charge in [0.05, 0.1) is 30.6 Å². The summed E-state index contributed by atoms with van der Waals surface area (Å²) in [6, 6.07) is 5.39. The molecule has 0 radical (unpaired) electrons. The molecule has 0 aliphatic carbocycles. The lowest BCUT2D eigenvalue weighted by molar-refractivity contribution is -0.124. The third-order valence-electron chi connectivity index (χ3n) is 3.89. The molecule has 0 spiro atoms. The first kappa shape index (κ1) is 18.3. The minimum atomic E-state index is -0.360. The Kier molecular flexibility index (Phi) is 6.25. The lowest BCUT2D eigenvalue weighted by atomic mass is 10.1. The summed E-state index contributed by atoms with van der Waals surface area (Å²) < 4.78 is 13.1. The number of carbonyl (C=O) groups excluding carboxylic acids is 1. The van der Waals surface area contributed by atoms with Crippen molar-refractivity contribution in [3.8, 4) is 11.5 Å². The fourth-order valence-corrected chi connectivity index (χ4v) is 2.69. The number of nitrogens with one attached hydrogen (secondary N) is 1. The maximum absolute atomic E-state index is 12.3. The van der Waals surface area contributed by atoms with Crippen LogP contribution in [-0.2, 0) is 11.2 Å². The number of benzene rings is 1. The van der Waals surface area contributed by atoms with Gasteiger partial charge >= 0.3 is 0 Å². The summed E-state index contributed by atoms with van der Waals surface area (Å²) in [5.41, 5.74) is 2.00. The first-order valence-electron chi connectivity index (χ1n) is 7.66. The SMILES string of the molecule is COc1ccc(CCNC(=O)C(C)n2ncc(Br)c2C)cc1OC. The van der Waals surface area contributed by atoms with Gasteiger partial charge in [-0.3, -0.25) is 9.48 Å². The molecule has 130 valence electrons. The molecule has 6 nitrogen and oxygen atoms in total. The second kappa shape index (κ2) is 8.19. The molecule has 0 fully saturated rings. The number of methoxy groups -OCH3 is 2. The Balaban J connectivity index is 1.92. The largest absolute Gasteiger partial charge is 0.493 e. The Labute approximate surface area is 150 Å². The summed E-state index contributed by atoms with van der Waals surface area (Å²) in [7, 11) is 3.21. The number of ether oxygens (including phenoxy) is 2. The third-order valence-corrected chi connectivity index (χ3v) is 4.67. The summed E-state index contributed by atoms with van der Waals surface area (Å²) in [4.78, 5) is 12.3. The van der Waals surface area contributed by atoms with Gasteiger partial charge < -0.3 is 14.8 Å². The Bertz CT molecular complexity index is 715. The molecule has 7 heteroatoms. The molecule has 1 heterocycles. The highest BCUT2D eigenvalue weighted by Crippen LogP contribution is 2.27. The van der Waals surface area contributed by atoms with Gasteiger partial charge in [-0.15, -0.1) is 0 Å². The van der Waals surface area contributed by atoms with Gasteiger partial charge in [-0.05, 0) is 53.9 Å². The van der Waals surface area contributed by atoms with Crippen molar-refractivity contribution in [1.82, 2.24) is 15.1 Å². The van der Waals surface area contributed by atoms with E-state index in [2.05, 4.69) is 26.3 Å². The predicted molar refractivity (Wildman–Crippen MR) is 95.6 cm³/mol. The first-order chi connectivity index (χ1) is 11.5. The molecule has 0 saturated heterocycles. The number of amides is 1. The van der Waals surface area contributed by atoms with E-state index in [0.29, 0.717) is 24.5 Å². The van der Waals surface area contributed by atoms with Crippen LogP contribution in [0, 0.1) is 6.92 Å². The molecule has 0 saturated carbocycles. The minimum absolute atomic E-state index is 0.0609. The number of nitrogens with zero attached hydrogens (tertiary/aromatic N) is 2. The van der Waals surface area contributed by atoms with E-state index in [0.717, 1.165) is 15.7 Å². The summed E-state index contributed by atoms with van der Waals surface area (Å²) in [5.74, 6) is 1.32. The molecule has 1 atom stereocenters. The zero-order valence-electron chi connectivity index (χ0n) is 14.3. The number of aromatic nitrogens is 2. The van der Waals surface area contributed by atoms with Gasteiger partial charge in [0.1, 0.15) is 6.04 Å². The molecule has 24 heavy (non-hydrogen) atoms. The van der Waals surface area contributed by atoms with Gasteiger partial charge in [0.2, 0.25) is 5.91 Å². The zero-order valence-corrected chi connectivity index (χ0v) is 15.9. The topological polar surface area (TPSA) is 65.4 Å². The van der Waals surface area contributed by atoms with Gasteiger partial charge in [0.15, 0.2) is 11.5 Å². The number of hydrogen-bond donors (Lipinski definition) is 1. The molecule has 0 aliphatic rings. The first-order valence-corrected chi connectivity index (χ1v) is 8.45. The van der Waals surface area contributed by atoms with Crippen LogP contribution >= 0.6 is 15.9 Å². The van der Waals surface area contributed by atoms with Crippen molar-refractivity contribution >= 4 is 21.8 Å². The molecule has 2 aromatic rings. The normalized spacial score (nSPS) is 11.9. The second-order valence-corrected chi connectivity index (χ2v) is 6.28. The second-order valence-electron chi connectivity index (χ2n) is 5.43. The molecular formula is C17H22BrN3O3. The highest BCUT2D eigenvalue weighted by Gasteiger charge is 2.18. The summed E-state index contributed by atoms with van der Waals surface area (Å²) in [5, 5.41) is 7.17. The highest BCUT2D eigenvalue weighted by molar-refractivity contribution is 9.10. The van der Waals surface area contributed by atoms with Gasteiger partial charge in [-0.1, -0.05) is 6.07 Å². The van der Waals surface area contributed by atoms with E-state index in [4.69, 9.17) is 9.47 Å². The fourth-order valence-electron chi connectivity index (χ4n) is 2.42. The van der Waals surface area contributed by atoms with Crippen molar-refractivity contribution in [2.75, 3.05) is 20.8 Å². The molecule has 0 bridgehead atoms. The Morgan fingerprint density at radius 3 is 2.62 bits per heavy atom. The molecule has 1 N–H and O–H groups in total. The monoisotopic (exact) mass is 395 g/mol. The summed E-state index contributed by atoms with van der Waals surface area (Å²) in [6.07, 6.45) is 2.41. The maximum Gasteiger partial charge on any atom is 0.244 e. The number of hydrogen-bond acceptors (Lipinski definition) is 4. The van der Waals surface area contributed by atoms with Gasteiger partial charge in [-0.25, -0.2) is 0 Å². The Morgan fingerprint density at radius 1 is 1.33 bits per heavy atom. The quantitative estimate of drug-likeness (QED) is 0.782. The van der Waals surface area contributed by atoms with Crippen LogP contribution in [0.4, 0.5) is 0 Å². The molecule has 1 amide bonds. The van der Waals surface area contributed by atoms with Crippen molar-refractivity contribution in [2.45, 2.75) is 26.3 Å². The van der Waals surface area contributed by atoms with E-state index >= 15 is 0 Å². The summed E-state index contributed by atoms with van der Waals surface area (Å²) >= 11 is 3.40. The van der Waals surface area contributed by atoms with Crippen LogP contribution in [-0.4, -0.2) is 36.5 Å². The van der Waals surface area contributed by atoms with Crippen molar-refractivity contribution in [3.05, 3.63) is 40.1 Å². The van der Waals surface area contributed by atoms with Crippen LogP contribution in [0.5, 0.6) is 11.5 Å². The van der Waals surface area contributed by atoms with Crippen molar-refractivity contribution in [2.24, 2.45) is 0 Å². The summed E-state index contributed by atoms with van der Waals surface area (Å²) in [6.45, 7) is 4.29. The lowest BCUT2D eigenvalue weighted by Gasteiger charge is -2.15. The van der Waals surface area contributed by atoms with Crippen molar-refractivity contribution in [3.63, 3.8) is 0 Å². The number of rotatable bonds is 7. The predicted octanol–water partition coefficient (Wildman–Crippen LogP) is 2.89. The lowest BCUT2D eigenvalue weighted by Crippen LogP contribution is -2.33. The minimum Gasteiger partial charge on any atom is -0.493 e. The Hall–Kier alpha value is -2.02. The van der Waals surface area contributed by atoms with E-state index in [-0.39, 0.29) is 11.9 Å². The van der Waals surface area contributed by atoms with E-state index in [1.54, 1.807) is 25.1 Å². The van der Waals surface area contributed by atoms with Crippen LogP contribution in [0.2, 0.25) is 0 Å². The molecular weight excluding hydrogens is 374 g/mol. The average molecular weight is 396 g/mol.